The lowest BCUT2D eigenvalue weighted by Gasteiger charge is -2.09. The van der Waals surface area contributed by atoms with E-state index in [2.05, 4.69) is 40.5 Å². The summed E-state index contributed by atoms with van der Waals surface area (Å²) in [4.78, 5) is 38.6. The molecule has 0 bridgehead atoms. The Hall–Kier alpha value is -4.47. The number of hydrogen-bond acceptors (Lipinski definition) is 8. The van der Waals surface area contributed by atoms with Gasteiger partial charge in [-0.25, -0.2) is 19.9 Å². The van der Waals surface area contributed by atoms with Gasteiger partial charge in [0.15, 0.2) is 5.65 Å². The summed E-state index contributed by atoms with van der Waals surface area (Å²) in [5.74, 6) is 0.222. The molecule has 4 aromatic rings. The van der Waals surface area contributed by atoms with Gasteiger partial charge in [-0.15, -0.1) is 0 Å². The molecule has 0 spiro atoms. The van der Waals surface area contributed by atoms with Crippen LogP contribution in [0.25, 0.3) is 28.1 Å². The summed E-state index contributed by atoms with van der Waals surface area (Å²) < 4.78 is 1.69. The average Bonchev–Trinajstić information content (AvgIpc) is 3.23. The molecule has 1 amide bonds. The van der Waals surface area contributed by atoms with Crippen molar-refractivity contribution in [1.82, 2.24) is 34.8 Å². The number of fused-ring (bicyclic) bond motifs is 1. The van der Waals surface area contributed by atoms with Crippen molar-refractivity contribution in [2.75, 3.05) is 11.9 Å². The largest absolute Gasteiger partial charge is 0.384 e. The second kappa shape index (κ2) is 8.34. The van der Waals surface area contributed by atoms with Crippen molar-refractivity contribution < 1.29 is 4.79 Å². The van der Waals surface area contributed by atoms with E-state index in [1.807, 2.05) is 31.3 Å². The van der Waals surface area contributed by atoms with E-state index in [0.29, 0.717) is 29.2 Å². The molecule has 0 atom stereocenters. The number of imidazole rings is 1. The second-order valence-corrected chi connectivity index (χ2v) is 7.18. The molecule has 0 radical (unpaired) electrons. The molecule has 0 aliphatic carbocycles. The maximum absolute atomic E-state index is 12.6. The molecule has 1 aliphatic heterocycles. The number of carbonyl (C=O) groups is 1. The van der Waals surface area contributed by atoms with Gasteiger partial charge in [0.05, 0.1) is 12.0 Å². The molecule has 0 aromatic carbocycles. The zero-order chi connectivity index (χ0) is 21.9. The first-order chi connectivity index (χ1) is 15.7. The summed E-state index contributed by atoms with van der Waals surface area (Å²) in [6.07, 6.45) is 10.1. The number of pyridine rings is 2. The van der Waals surface area contributed by atoms with E-state index < -0.39 is 0 Å². The molecular formula is C22H19N9O. The van der Waals surface area contributed by atoms with Gasteiger partial charge >= 0.3 is 0 Å². The normalized spacial score (nSPS) is 13.0. The van der Waals surface area contributed by atoms with Gasteiger partial charge in [0.1, 0.15) is 29.9 Å². The smallest absolute Gasteiger partial charge is 0.245 e. The molecule has 2 N–H and O–H groups in total. The molecule has 0 saturated carbocycles. The Labute approximate surface area is 183 Å². The number of aromatic nitrogens is 6. The predicted molar refractivity (Wildman–Crippen MR) is 121 cm³/mol. The van der Waals surface area contributed by atoms with Gasteiger partial charge < -0.3 is 15.2 Å². The molecule has 0 unspecified atom stereocenters. The maximum atomic E-state index is 12.6. The van der Waals surface area contributed by atoms with E-state index in [9.17, 15) is 4.79 Å². The second-order valence-electron chi connectivity index (χ2n) is 7.18. The summed E-state index contributed by atoms with van der Waals surface area (Å²) >= 11 is 0. The number of rotatable bonds is 5. The van der Waals surface area contributed by atoms with E-state index in [0.717, 1.165) is 22.5 Å². The fourth-order valence-corrected chi connectivity index (χ4v) is 3.40. The molecule has 0 fully saturated rings. The molecule has 32 heavy (non-hydrogen) atoms. The molecule has 4 aromatic heterocycles. The van der Waals surface area contributed by atoms with Crippen LogP contribution in [0.15, 0.2) is 60.5 Å². The summed E-state index contributed by atoms with van der Waals surface area (Å²) in [6, 6.07) is 7.42. The topological polar surface area (TPSA) is 123 Å². The molecular weight excluding hydrogens is 406 g/mol. The van der Waals surface area contributed by atoms with Crippen molar-refractivity contribution in [3.05, 3.63) is 66.8 Å². The minimum absolute atomic E-state index is 0.0467. The van der Waals surface area contributed by atoms with E-state index in [-0.39, 0.29) is 12.5 Å². The Balaban J connectivity index is 1.32. The van der Waals surface area contributed by atoms with Crippen molar-refractivity contribution in [1.29, 1.82) is 0 Å². The Kier molecular flexibility index (Phi) is 5.08. The summed E-state index contributed by atoms with van der Waals surface area (Å²) in [7, 11) is 0. The van der Waals surface area contributed by atoms with Crippen LogP contribution in [0.1, 0.15) is 11.3 Å². The van der Waals surface area contributed by atoms with Crippen molar-refractivity contribution in [3.8, 4) is 11.3 Å². The summed E-state index contributed by atoms with van der Waals surface area (Å²) in [5.41, 5.74) is 5.35. The number of hydrogen-bond donors (Lipinski definition) is 2. The SMILES string of the molecule is Cc1cc(-c2ncnc3c2ncn3CC(=O)Nc2ccc(C3=CNCC=N3)cn2)ccn1. The molecule has 1 aliphatic rings. The van der Waals surface area contributed by atoms with E-state index >= 15 is 0 Å². The summed E-state index contributed by atoms with van der Waals surface area (Å²) in [6.45, 7) is 2.68. The number of nitrogens with one attached hydrogen (secondary N) is 2. The van der Waals surface area contributed by atoms with Crippen molar-refractivity contribution in [2.45, 2.75) is 13.5 Å². The van der Waals surface area contributed by atoms with Crippen LogP contribution in [-0.4, -0.2) is 48.2 Å². The van der Waals surface area contributed by atoms with Crippen LogP contribution in [-0.2, 0) is 11.3 Å². The Bertz CT molecular complexity index is 1360. The third kappa shape index (κ3) is 3.93. The maximum Gasteiger partial charge on any atom is 0.245 e. The molecule has 5 rings (SSSR count). The number of aryl methyl sites for hydroxylation is 1. The number of carbonyl (C=O) groups excluding carboxylic acids is 1. The first kappa shape index (κ1) is 19.5. The highest BCUT2D eigenvalue weighted by molar-refractivity contribution is 5.92. The van der Waals surface area contributed by atoms with Gasteiger partial charge in [-0.1, -0.05) is 0 Å². The molecule has 158 valence electrons. The van der Waals surface area contributed by atoms with Crippen LogP contribution in [0.2, 0.25) is 0 Å². The predicted octanol–water partition coefficient (Wildman–Crippen LogP) is 2.20. The first-order valence-electron chi connectivity index (χ1n) is 9.98. The van der Waals surface area contributed by atoms with E-state index in [4.69, 9.17) is 0 Å². The van der Waals surface area contributed by atoms with Gasteiger partial charge in [0.25, 0.3) is 0 Å². The lowest BCUT2D eigenvalue weighted by atomic mass is 10.1. The standard InChI is InChI=1S/C22H19N9O/c1-14-8-15(4-5-24-14)20-21-22(28-12-27-20)31(13-29-21)11-19(32)30-18-3-2-16(9-26-18)17-10-23-6-7-25-17/h2-5,7-10,12-13,23H,6,11H2,1H3,(H,26,30,32). The lowest BCUT2D eigenvalue weighted by molar-refractivity contribution is -0.116. The minimum atomic E-state index is -0.235. The Morgan fingerprint density at radius 2 is 2.06 bits per heavy atom. The zero-order valence-electron chi connectivity index (χ0n) is 17.2. The molecule has 5 heterocycles. The molecule has 0 saturated heterocycles. The summed E-state index contributed by atoms with van der Waals surface area (Å²) in [5, 5.41) is 5.91. The van der Waals surface area contributed by atoms with E-state index in [1.54, 1.807) is 35.6 Å². The van der Waals surface area contributed by atoms with Gasteiger partial charge in [-0.2, -0.15) is 0 Å². The van der Waals surface area contributed by atoms with Crippen LogP contribution in [0, 0.1) is 6.92 Å². The fraction of sp³-hybridized carbons (Fsp3) is 0.136. The zero-order valence-corrected chi connectivity index (χ0v) is 17.2. The van der Waals surface area contributed by atoms with E-state index in [1.165, 1.54) is 6.33 Å². The van der Waals surface area contributed by atoms with Crippen LogP contribution in [0.5, 0.6) is 0 Å². The third-order valence-electron chi connectivity index (χ3n) is 4.89. The lowest BCUT2D eigenvalue weighted by Crippen LogP contribution is -2.19. The number of nitrogens with zero attached hydrogens (tertiary/aromatic N) is 7. The van der Waals surface area contributed by atoms with Gasteiger partial charge in [-0.05, 0) is 31.2 Å². The van der Waals surface area contributed by atoms with Crippen molar-refractivity contribution >= 4 is 34.8 Å². The number of aliphatic imine (C=N–C) groups is 1. The highest BCUT2D eigenvalue weighted by Crippen LogP contribution is 2.24. The number of anilines is 1. The first-order valence-corrected chi connectivity index (χ1v) is 9.98. The molecule has 10 nitrogen and oxygen atoms in total. The fourth-order valence-electron chi connectivity index (χ4n) is 3.40. The number of amides is 1. The monoisotopic (exact) mass is 425 g/mol. The molecule has 10 heteroatoms. The van der Waals surface area contributed by atoms with Crippen molar-refractivity contribution in [2.24, 2.45) is 4.99 Å². The minimum Gasteiger partial charge on any atom is -0.384 e. The van der Waals surface area contributed by atoms with Gasteiger partial charge in [0.2, 0.25) is 5.91 Å². The van der Waals surface area contributed by atoms with Crippen molar-refractivity contribution in [3.63, 3.8) is 0 Å². The van der Waals surface area contributed by atoms with Gasteiger partial charge in [-0.3, -0.25) is 14.8 Å². The third-order valence-corrected chi connectivity index (χ3v) is 4.89. The van der Waals surface area contributed by atoms with Gasteiger partial charge in [0, 0.05) is 48.2 Å². The quantitative estimate of drug-likeness (QED) is 0.502. The van der Waals surface area contributed by atoms with Crippen LogP contribution in [0.4, 0.5) is 5.82 Å². The Morgan fingerprint density at radius 1 is 1.12 bits per heavy atom. The highest BCUT2D eigenvalue weighted by atomic mass is 16.2. The van der Waals surface area contributed by atoms with Crippen LogP contribution in [0.3, 0.4) is 0 Å². The van der Waals surface area contributed by atoms with Crippen LogP contribution >= 0.6 is 0 Å². The highest BCUT2D eigenvalue weighted by Gasteiger charge is 2.14. The average molecular weight is 425 g/mol. The van der Waals surface area contributed by atoms with Crippen LogP contribution < -0.4 is 10.6 Å². The Morgan fingerprint density at radius 3 is 2.84 bits per heavy atom.